The third-order valence-corrected chi connectivity index (χ3v) is 4.05. The minimum atomic E-state index is -0.921. The fourth-order valence-electron chi connectivity index (χ4n) is 2.97. The summed E-state index contributed by atoms with van der Waals surface area (Å²) >= 11 is 0. The first kappa shape index (κ1) is 15.6. The van der Waals surface area contributed by atoms with Gasteiger partial charge in [0.05, 0.1) is 17.2 Å². The second kappa shape index (κ2) is 5.90. The Balaban J connectivity index is 2.80. The molecular weight excluding hydrogens is 266 g/mol. The van der Waals surface area contributed by atoms with Gasteiger partial charge in [-0.3, -0.25) is 0 Å². The molecule has 114 valence electrons. The van der Waals surface area contributed by atoms with Crippen molar-refractivity contribution in [2.45, 2.75) is 53.2 Å². The fraction of sp³-hybridized carbons (Fsp3) is 0.471. The minimum absolute atomic E-state index is 0.315. The summed E-state index contributed by atoms with van der Waals surface area (Å²) in [4.78, 5) is 11.4. The maximum Gasteiger partial charge on any atom is 0.335 e. The topological polar surface area (TPSA) is 62.5 Å². The number of aliphatic hydroxyl groups excluding tert-OH is 1. The lowest BCUT2D eigenvalue weighted by molar-refractivity contribution is 0.0696. The first-order chi connectivity index (χ1) is 9.88. The lowest BCUT2D eigenvalue weighted by atomic mass is 9.97. The number of aryl methyl sites for hydroxylation is 3. The van der Waals surface area contributed by atoms with Gasteiger partial charge in [0.15, 0.2) is 0 Å². The number of carboxylic acid groups (broad SMARTS) is 1. The summed E-state index contributed by atoms with van der Waals surface area (Å²) in [6.07, 6.45) is 3.51. The first-order valence-electron chi connectivity index (χ1n) is 7.42. The van der Waals surface area contributed by atoms with Crippen LogP contribution < -0.4 is 0 Å². The standard InChI is InChI=1S/C17H23NO3/c1-5-6-7-18-9-14(12(4)19)15-11(3)13(17(20)21)8-10(2)16(15)18/h8-9,12,19H,5-7H2,1-4H3,(H,20,21). The molecule has 4 nitrogen and oxygen atoms in total. The molecular formula is C17H23NO3. The van der Waals surface area contributed by atoms with Gasteiger partial charge in [0.1, 0.15) is 0 Å². The molecule has 0 radical (unpaired) electrons. The Morgan fingerprint density at radius 2 is 2.05 bits per heavy atom. The van der Waals surface area contributed by atoms with E-state index in [1.807, 2.05) is 20.0 Å². The molecule has 2 N–H and O–H groups in total. The SMILES string of the molecule is CCCCn1cc(C(C)O)c2c(C)c(C(=O)O)cc(C)c21. The highest BCUT2D eigenvalue weighted by atomic mass is 16.4. The number of unbranched alkanes of at least 4 members (excludes halogenated alkanes) is 1. The maximum atomic E-state index is 11.4. The van der Waals surface area contributed by atoms with Crippen LogP contribution in [-0.2, 0) is 6.54 Å². The number of fused-ring (bicyclic) bond motifs is 1. The molecule has 21 heavy (non-hydrogen) atoms. The summed E-state index contributed by atoms with van der Waals surface area (Å²) in [7, 11) is 0. The van der Waals surface area contributed by atoms with Gasteiger partial charge in [-0.1, -0.05) is 13.3 Å². The van der Waals surface area contributed by atoms with E-state index < -0.39 is 12.1 Å². The summed E-state index contributed by atoms with van der Waals surface area (Å²) in [6, 6.07) is 1.73. The third-order valence-electron chi connectivity index (χ3n) is 4.05. The highest BCUT2D eigenvalue weighted by Crippen LogP contribution is 2.33. The van der Waals surface area contributed by atoms with Crippen molar-refractivity contribution >= 4 is 16.9 Å². The van der Waals surface area contributed by atoms with Gasteiger partial charge in [0.2, 0.25) is 0 Å². The van der Waals surface area contributed by atoms with E-state index in [2.05, 4.69) is 11.5 Å². The Labute approximate surface area is 125 Å². The van der Waals surface area contributed by atoms with Crippen LogP contribution in [0.5, 0.6) is 0 Å². The average molecular weight is 289 g/mol. The van der Waals surface area contributed by atoms with E-state index in [1.165, 1.54) is 0 Å². The van der Waals surface area contributed by atoms with Gasteiger partial charge < -0.3 is 14.8 Å². The van der Waals surface area contributed by atoms with Crippen molar-refractivity contribution in [1.29, 1.82) is 0 Å². The van der Waals surface area contributed by atoms with Crippen molar-refractivity contribution in [3.8, 4) is 0 Å². The Bertz CT molecular complexity index is 683. The number of hydrogen-bond donors (Lipinski definition) is 2. The molecule has 0 saturated carbocycles. The molecule has 1 unspecified atom stereocenters. The van der Waals surface area contributed by atoms with Crippen LogP contribution >= 0.6 is 0 Å². The second-order valence-electron chi connectivity index (χ2n) is 5.70. The Morgan fingerprint density at radius 1 is 1.38 bits per heavy atom. The summed E-state index contributed by atoms with van der Waals surface area (Å²) in [5, 5.41) is 20.3. The number of carbonyl (C=O) groups is 1. The van der Waals surface area contributed by atoms with E-state index in [0.717, 1.165) is 47.0 Å². The van der Waals surface area contributed by atoms with Gasteiger partial charge in [-0.25, -0.2) is 4.79 Å². The average Bonchev–Trinajstić information content (AvgIpc) is 2.80. The largest absolute Gasteiger partial charge is 0.478 e. The van der Waals surface area contributed by atoms with Crippen LogP contribution in [0.2, 0.25) is 0 Å². The van der Waals surface area contributed by atoms with Gasteiger partial charge in [0.25, 0.3) is 0 Å². The molecule has 2 aromatic rings. The van der Waals surface area contributed by atoms with Gasteiger partial charge in [-0.05, 0) is 44.4 Å². The van der Waals surface area contributed by atoms with E-state index in [9.17, 15) is 15.0 Å². The molecule has 0 aliphatic carbocycles. The van der Waals surface area contributed by atoms with Crippen LogP contribution in [0.4, 0.5) is 0 Å². The monoisotopic (exact) mass is 289 g/mol. The molecule has 0 aliphatic rings. The van der Waals surface area contributed by atoms with Crippen LogP contribution in [0, 0.1) is 13.8 Å². The third kappa shape index (κ3) is 2.68. The van der Waals surface area contributed by atoms with Crippen molar-refractivity contribution in [3.63, 3.8) is 0 Å². The van der Waals surface area contributed by atoms with E-state index in [-0.39, 0.29) is 0 Å². The summed E-state index contributed by atoms with van der Waals surface area (Å²) in [6.45, 7) is 8.50. The highest BCUT2D eigenvalue weighted by molar-refractivity contribution is 6.00. The number of benzene rings is 1. The number of carboxylic acids is 1. The van der Waals surface area contributed by atoms with Gasteiger partial charge >= 0.3 is 5.97 Å². The quantitative estimate of drug-likeness (QED) is 0.879. The molecule has 1 heterocycles. The Morgan fingerprint density at radius 3 is 2.57 bits per heavy atom. The van der Waals surface area contributed by atoms with Crippen molar-refractivity contribution in [2.75, 3.05) is 0 Å². The van der Waals surface area contributed by atoms with Crippen molar-refractivity contribution in [1.82, 2.24) is 4.57 Å². The zero-order valence-electron chi connectivity index (χ0n) is 13.1. The van der Waals surface area contributed by atoms with Gasteiger partial charge in [0, 0.05) is 23.7 Å². The lowest BCUT2D eigenvalue weighted by Gasteiger charge is -2.11. The molecule has 1 atom stereocenters. The van der Waals surface area contributed by atoms with Crippen LogP contribution in [0.3, 0.4) is 0 Å². The molecule has 2 rings (SSSR count). The van der Waals surface area contributed by atoms with E-state index >= 15 is 0 Å². The molecule has 0 fully saturated rings. The zero-order valence-corrected chi connectivity index (χ0v) is 13.1. The lowest BCUT2D eigenvalue weighted by Crippen LogP contribution is -2.03. The molecule has 0 amide bonds. The smallest absolute Gasteiger partial charge is 0.335 e. The minimum Gasteiger partial charge on any atom is -0.478 e. The van der Waals surface area contributed by atoms with Gasteiger partial charge in [-0.15, -0.1) is 0 Å². The Hall–Kier alpha value is -1.81. The Kier molecular flexibility index (Phi) is 4.37. The zero-order chi connectivity index (χ0) is 15.7. The van der Waals surface area contributed by atoms with Crippen LogP contribution in [0.1, 0.15) is 59.8 Å². The molecule has 4 heteroatoms. The number of aromatic nitrogens is 1. The van der Waals surface area contributed by atoms with E-state index in [0.29, 0.717) is 5.56 Å². The normalized spacial score (nSPS) is 12.8. The van der Waals surface area contributed by atoms with Crippen LogP contribution in [-0.4, -0.2) is 20.7 Å². The first-order valence-corrected chi connectivity index (χ1v) is 7.42. The molecule has 0 aliphatic heterocycles. The highest BCUT2D eigenvalue weighted by Gasteiger charge is 2.20. The fourth-order valence-corrected chi connectivity index (χ4v) is 2.97. The van der Waals surface area contributed by atoms with Crippen molar-refractivity contribution in [2.24, 2.45) is 0 Å². The van der Waals surface area contributed by atoms with Crippen LogP contribution in [0.15, 0.2) is 12.3 Å². The number of nitrogens with zero attached hydrogens (tertiary/aromatic N) is 1. The number of aliphatic hydroxyl groups is 1. The van der Waals surface area contributed by atoms with Crippen molar-refractivity contribution in [3.05, 3.63) is 34.5 Å². The predicted octanol–water partition coefficient (Wildman–Crippen LogP) is 3.81. The van der Waals surface area contributed by atoms with Crippen molar-refractivity contribution < 1.29 is 15.0 Å². The molecule has 0 spiro atoms. The number of hydrogen-bond acceptors (Lipinski definition) is 2. The summed E-state index contributed by atoms with van der Waals surface area (Å²) in [5.74, 6) is -0.921. The second-order valence-corrected chi connectivity index (χ2v) is 5.70. The number of rotatable bonds is 5. The van der Waals surface area contributed by atoms with Gasteiger partial charge in [-0.2, -0.15) is 0 Å². The molecule has 1 aromatic carbocycles. The van der Waals surface area contributed by atoms with E-state index in [4.69, 9.17) is 0 Å². The summed E-state index contributed by atoms with van der Waals surface area (Å²) < 4.78 is 2.15. The number of aromatic carboxylic acids is 1. The maximum absolute atomic E-state index is 11.4. The van der Waals surface area contributed by atoms with Crippen LogP contribution in [0.25, 0.3) is 10.9 Å². The van der Waals surface area contributed by atoms with E-state index in [1.54, 1.807) is 13.0 Å². The molecule has 1 aromatic heterocycles. The predicted molar refractivity (Wildman–Crippen MR) is 83.9 cm³/mol. The molecule has 0 saturated heterocycles. The summed E-state index contributed by atoms with van der Waals surface area (Å²) in [5.41, 5.74) is 3.84. The molecule has 0 bridgehead atoms.